The van der Waals surface area contributed by atoms with Crippen LogP contribution in [0.15, 0.2) is 59.8 Å². The lowest BCUT2D eigenvalue weighted by molar-refractivity contribution is -0.384. The number of allylic oxidation sites excluding steroid dienone is 1. The van der Waals surface area contributed by atoms with Gasteiger partial charge in [-0.2, -0.15) is 0 Å². The molecule has 0 heterocycles. The summed E-state index contributed by atoms with van der Waals surface area (Å²) in [5, 5.41) is 14.4. The fourth-order valence-corrected chi connectivity index (χ4v) is 2.15. The summed E-state index contributed by atoms with van der Waals surface area (Å²) >= 11 is 5.89. The van der Waals surface area contributed by atoms with E-state index < -0.39 is 10.9 Å². The minimum Gasteiger partial charge on any atom is -0.312 e. The van der Waals surface area contributed by atoms with Gasteiger partial charge in [-0.3, -0.25) is 10.1 Å². The largest absolute Gasteiger partial charge is 0.367 e. The van der Waals surface area contributed by atoms with Gasteiger partial charge >= 0.3 is 5.97 Å². The number of benzene rings is 2. The highest BCUT2D eigenvalue weighted by atomic mass is 35.5. The van der Waals surface area contributed by atoms with Crippen LogP contribution in [0.2, 0.25) is 5.02 Å². The van der Waals surface area contributed by atoms with Crippen molar-refractivity contribution in [1.29, 1.82) is 0 Å². The Bertz CT molecular complexity index is 832. The topological polar surface area (TPSA) is 81.8 Å². The van der Waals surface area contributed by atoms with Crippen LogP contribution in [0.3, 0.4) is 0 Å². The molecule has 2 rings (SSSR count). The summed E-state index contributed by atoms with van der Waals surface area (Å²) in [6, 6.07) is 13.1. The van der Waals surface area contributed by atoms with Crippen LogP contribution in [0.4, 0.5) is 5.69 Å². The van der Waals surface area contributed by atoms with Crippen LogP contribution in [-0.4, -0.2) is 16.6 Å². The van der Waals surface area contributed by atoms with Gasteiger partial charge in [0.2, 0.25) is 0 Å². The minimum absolute atomic E-state index is 0.0125. The molecule has 0 atom stereocenters. The number of nitro groups is 1. The highest BCUT2D eigenvalue weighted by Crippen LogP contribution is 2.23. The maximum atomic E-state index is 12.0. The summed E-state index contributed by atoms with van der Waals surface area (Å²) < 4.78 is 0. The second-order valence-corrected chi connectivity index (χ2v) is 5.39. The predicted octanol–water partition coefficient (Wildman–Crippen LogP) is 4.88. The quantitative estimate of drug-likeness (QED) is 0.319. The molecule has 0 fully saturated rings. The smallest absolute Gasteiger partial charge is 0.312 e. The van der Waals surface area contributed by atoms with Crippen molar-refractivity contribution >= 4 is 35.0 Å². The zero-order valence-corrected chi connectivity index (χ0v) is 14.1. The van der Waals surface area contributed by atoms with Crippen molar-refractivity contribution in [2.24, 2.45) is 5.16 Å². The van der Waals surface area contributed by atoms with Crippen LogP contribution in [0.5, 0.6) is 0 Å². The van der Waals surface area contributed by atoms with E-state index >= 15 is 0 Å². The Balaban J connectivity index is 2.09. The number of nitro benzene ring substituents is 1. The SMILES string of the molecule is CCC(/C=C/c1ccccc1)=N\OC(=O)c1ccc([N+](=O)[O-])cc1Cl. The molecular formula is C18H15ClN2O4. The standard InChI is InChI=1S/C18H15ClN2O4/c1-2-14(9-8-13-6-4-3-5-7-13)20-25-18(22)16-11-10-15(21(23)24)12-17(16)19/h3-12H,2H2,1H3/b9-8+,20-14+. The van der Waals surface area contributed by atoms with Gasteiger partial charge in [-0.1, -0.05) is 60.1 Å². The lowest BCUT2D eigenvalue weighted by Crippen LogP contribution is -2.04. The van der Waals surface area contributed by atoms with Crippen molar-refractivity contribution in [3.05, 3.63) is 80.9 Å². The zero-order chi connectivity index (χ0) is 18.2. The Kier molecular flexibility index (Phi) is 6.42. The van der Waals surface area contributed by atoms with Crippen LogP contribution in [-0.2, 0) is 4.84 Å². The Morgan fingerprint density at radius 3 is 2.60 bits per heavy atom. The molecule has 0 radical (unpaired) electrons. The van der Waals surface area contributed by atoms with Crippen LogP contribution in [0, 0.1) is 10.1 Å². The molecule has 0 N–H and O–H groups in total. The van der Waals surface area contributed by atoms with E-state index in [1.54, 1.807) is 6.08 Å². The van der Waals surface area contributed by atoms with E-state index in [2.05, 4.69) is 5.16 Å². The number of rotatable bonds is 6. The predicted molar refractivity (Wildman–Crippen MR) is 96.7 cm³/mol. The second kappa shape index (κ2) is 8.75. The van der Waals surface area contributed by atoms with Gasteiger partial charge in [-0.15, -0.1) is 0 Å². The monoisotopic (exact) mass is 358 g/mol. The summed E-state index contributed by atoms with van der Waals surface area (Å²) in [6.07, 6.45) is 4.17. The Hall–Kier alpha value is -2.99. The Labute approximate surface area is 149 Å². The third kappa shape index (κ3) is 5.26. The molecule has 0 aliphatic rings. The van der Waals surface area contributed by atoms with Crippen LogP contribution in [0.25, 0.3) is 6.08 Å². The van der Waals surface area contributed by atoms with Crippen LogP contribution >= 0.6 is 11.6 Å². The fourth-order valence-electron chi connectivity index (χ4n) is 1.90. The normalized spacial score (nSPS) is 11.5. The first kappa shape index (κ1) is 18.4. The number of non-ortho nitro benzene ring substituents is 1. The molecule has 0 amide bonds. The van der Waals surface area contributed by atoms with Gasteiger partial charge in [-0.25, -0.2) is 4.79 Å². The summed E-state index contributed by atoms with van der Waals surface area (Å²) in [4.78, 5) is 27.0. The first-order chi connectivity index (χ1) is 12.0. The van der Waals surface area contributed by atoms with E-state index in [0.29, 0.717) is 12.1 Å². The molecule has 0 aliphatic heterocycles. The molecule has 2 aromatic rings. The van der Waals surface area contributed by atoms with E-state index in [-0.39, 0.29) is 16.3 Å². The van der Waals surface area contributed by atoms with Crippen molar-refractivity contribution in [2.75, 3.05) is 0 Å². The van der Waals surface area contributed by atoms with E-state index in [0.717, 1.165) is 11.6 Å². The van der Waals surface area contributed by atoms with Gasteiger partial charge < -0.3 is 4.84 Å². The highest BCUT2D eigenvalue weighted by Gasteiger charge is 2.16. The molecule has 2 aromatic carbocycles. The Morgan fingerprint density at radius 2 is 2.00 bits per heavy atom. The van der Waals surface area contributed by atoms with Gasteiger partial charge in [0.15, 0.2) is 0 Å². The molecule has 0 spiro atoms. The number of carbonyl (C=O) groups excluding carboxylic acids is 1. The number of hydrogen-bond acceptors (Lipinski definition) is 5. The molecule has 7 heteroatoms. The van der Waals surface area contributed by atoms with E-state index in [4.69, 9.17) is 16.4 Å². The van der Waals surface area contributed by atoms with E-state index in [1.165, 1.54) is 12.1 Å². The molecule has 0 unspecified atom stereocenters. The summed E-state index contributed by atoms with van der Waals surface area (Å²) in [5.41, 5.74) is 1.37. The van der Waals surface area contributed by atoms with Crippen molar-refractivity contribution in [3.63, 3.8) is 0 Å². The number of carbonyl (C=O) groups is 1. The van der Waals surface area contributed by atoms with Crippen molar-refractivity contribution in [3.8, 4) is 0 Å². The summed E-state index contributed by atoms with van der Waals surface area (Å²) in [6.45, 7) is 1.88. The van der Waals surface area contributed by atoms with Crippen LogP contribution in [0.1, 0.15) is 29.3 Å². The van der Waals surface area contributed by atoms with E-state index in [1.807, 2.05) is 43.3 Å². The maximum Gasteiger partial charge on any atom is 0.367 e. The van der Waals surface area contributed by atoms with Gasteiger partial charge in [0.05, 0.1) is 21.2 Å². The molecule has 25 heavy (non-hydrogen) atoms. The molecule has 0 saturated carbocycles. The van der Waals surface area contributed by atoms with Gasteiger partial charge in [0, 0.05) is 12.1 Å². The van der Waals surface area contributed by atoms with Crippen LogP contribution < -0.4 is 0 Å². The minimum atomic E-state index is -0.779. The molecular weight excluding hydrogens is 344 g/mol. The molecule has 0 aliphatic carbocycles. The van der Waals surface area contributed by atoms with Crippen molar-refractivity contribution in [1.82, 2.24) is 0 Å². The lowest BCUT2D eigenvalue weighted by atomic mass is 10.2. The lowest BCUT2D eigenvalue weighted by Gasteiger charge is -2.02. The van der Waals surface area contributed by atoms with Crippen molar-refractivity contribution < 1.29 is 14.6 Å². The second-order valence-electron chi connectivity index (χ2n) is 4.98. The van der Waals surface area contributed by atoms with Gasteiger partial charge in [-0.05, 0) is 24.1 Å². The average molecular weight is 359 g/mol. The number of nitrogens with zero attached hydrogens (tertiary/aromatic N) is 2. The number of halogens is 1. The fraction of sp³-hybridized carbons (Fsp3) is 0.111. The first-order valence-corrected chi connectivity index (χ1v) is 7.84. The molecule has 128 valence electrons. The Morgan fingerprint density at radius 1 is 1.28 bits per heavy atom. The molecule has 6 nitrogen and oxygen atoms in total. The third-order valence-electron chi connectivity index (χ3n) is 3.26. The zero-order valence-electron chi connectivity index (χ0n) is 13.4. The molecule has 0 aromatic heterocycles. The molecule has 0 saturated heterocycles. The van der Waals surface area contributed by atoms with Gasteiger partial charge in [0.25, 0.3) is 5.69 Å². The van der Waals surface area contributed by atoms with E-state index in [9.17, 15) is 14.9 Å². The van der Waals surface area contributed by atoms with Gasteiger partial charge in [0.1, 0.15) is 0 Å². The van der Waals surface area contributed by atoms with Crippen molar-refractivity contribution in [2.45, 2.75) is 13.3 Å². The summed E-state index contributed by atoms with van der Waals surface area (Å²) in [7, 11) is 0. The first-order valence-electron chi connectivity index (χ1n) is 7.46. The number of hydrogen-bond donors (Lipinski definition) is 0. The molecule has 0 bridgehead atoms. The third-order valence-corrected chi connectivity index (χ3v) is 3.57. The summed E-state index contributed by atoms with van der Waals surface area (Å²) in [5.74, 6) is -0.779. The number of oxime groups is 1. The highest BCUT2D eigenvalue weighted by molar-refractivity contribution is 6.33. The average Bonchev–Trinajstić information content (AvgIpc) is 2.62. The maximum absolute atomic E-state index is 12.0.